The van der Waals surface area contributed by atoms with Gasteiger partial charge < -0.3 is 0 Å². The summed E-state index contributed by atoms with van der Waals surface area (Å²) in [5, 5.41) is 0. The molecule has 1 saturated carbocycles. The van der Waals surface area contributed by atoms with Crippen LogP contribution in [-0.2, 0) is 0 Å². The molecule has 1 aliphatic rings. The van der Waals surface area contributed by atoms with Crippen molar-refractivity contribution in [2.75, 3.05) is 0 Å². The predicted octanol–water partition coefficient (Wildman–Crippen LogP) is 7.51. The highest BCUT2D eigenvalue weighted by Gasteiger charge is 2.30. The number of hydrogen-bond acceptors (Lipinski definition) is 0. The summed E-state index contributed by atoms with van der Waals surface area (Å²) in [6.07, 6.45) is 22.3. The third-order valence-corrected chi connectivity index (χ3v) is 5.43. The first kappa shape index (κ1) is 18.1. The minimum absolute atomic E-state index is 0.768. The zero-order chi connectivity index (χ0) is 14.7. The molecule has 0 aromatic heterocycles. The largest absolute Gasteiger partial charge is 0.0654 e. The van der Waals surface area contributed by atoms with E-state index in [2.05, 4.69) is 20.8 Å². The average molecular weight is 281 g/mol. The van der Waals surface area contributed by atoms with Crippen molar-refractivity contribution >= 4 is 0 Å². The van der Waals surface area contributed by atoms with Gasteiger partial charge in [-0.2, -0.15) is 0 Å². The van der Waals surface area contributed by atoms with Crippen LogP contribution in [0.1, 0.15) is 117 Å². The Morgan fingerprint density at radius 3 is 1.95 bits per heavy atom. The van der Waals surface area contributed by atoms with Gasteiger partial charge in [-0.3, -0.25) is 0 Å². The maximum atomic E-state index is 2.38. The van der Waals surface area contributed by atoms with E-state index < -0.39 is 0 Å². The molecule has 1 rings (SSSR count). The van der Waals surface area contributed by atoms with Gasteiger partial charge in [0.15, 0.2) is 0 Å². The van der Waals surface area contributed by atoms with Gasteiger partial charge in [0, 0.05) is 0 Å². The second-order valence-electron chi connectivity index (χ2n) is 7.86. The SMILES string of the molecule is CCCC1(CCCCCCCCC(C)C)CCCCC1. The molecule has 20 heavy (non-hydrogen) atoms. The molecule has 1 aliphatic carbocycles. The van der Waals surface area contributed by atoms with E-state index in [-0.39, 0.29) is 0 Å². The Bertz CT molecular complexity index is 205. The van der Waals surface area contributed by atoms with E-state index in [4.69, 9.17) is 0 Å². The molecule has 0 unspecified atom stereocenters. The van der Waals surface area contributed by atoms with Crippen LogP contribution < -0.4 is 0 Å². The second-order valence-corrected chi connectivity index (χ2v) is 7.86. The van der Waals surface area contributed by atoms with Gasteiger partial charge in [-0.15, -0.1) is 0 Å². The first-order valence-electron chi connectivity index (χ1n) is 9.68. The maximum Gasteiger partial charge on any atom is -0.0298 e. The van der Waals surface area contributed by atoms with Crippen LogP contribution in [-0.4, -0.2) is 0 Å². The molecule has 0 heterocycles. The summed E-state index contributed by atoms with van der Waals surface area (Å²) in [7, 11) is 0. The number of hydrogen-bond donors (Lipinski definition) is 0. The van der Waals surface area contributed by atoms with E-state index in [1.165, 1.54) is 96.3 Å². The zero-order valence-corrected chi connectivity index (χ0v) is 14.7. The van der Waals surface area contributed by atoms with E-state index in [0.717, 1.165) is 11.3 Å². The first-order chi connectivity index (χ1) is 9.68. The van der Waals surface area contributed by atoms with Crippen molar-refractivity contribution in [3.63, 3.8) is 0 Å². The summed E-state index contributed by atoms with van der Waals surface area (Å²) in [5.74, 6) is 0.898. The van der Waals surface area contributed by atoms with Crippen LogP contribution in [0.25, 0.3) is 0 Å². The molecule has 1 fully saturated rings. The molecule has 0 aromatic carbocycles. The van der Waals surface area contributed by atoms with Gasteiger partial charge in [0.05, 0.1) is 0 Å². The summed E-state index contributed by atoms with van der Waals surface area (Å²) in [4.78, 5) is 0. The molecule has 0 N–H and O–H groups in total. The third-order valence-electron chi connectivity index (χ3n) is 5.43. The van der Waals surface area contributed by atoms with E-state index in [9.17, 15) is 0 Å². The van der Waals surface area contributed by atoms with Crippen molar-refractivity contribution in [3.05, 3.63) is 0 Å². The minimum atomic E-state index is 0.768. The van der Waals surface area contributed by atoms with Crippen LogP contribution in [0, 0.1) is 11.3 Å². The van der Waals surface area contributed by atoms with Crippen LogP contribution >= 0.6 is 0 Å². The minimum Gasteiger partial charge on any atom is -0.0654 e. The Morgan fingerprint density at radius 1 is 0.750 bits per heavy atom. The van der Waals surface area contributed by atoms with Gasteiger partial charge in [0.25, 0.3) is 0 Å². The van der Waals surface area contributed by atoms with Crippen LogP contribution in [0.4, 0.5) is 0 Å². The van der Waals surface area contributed by atoms with Crippen molar-refractivity contribution < 1.29 is 0 Å². The van der Waals surface area contributed by atoms with Crippen LogP contribution in [0.5, 0.6) is 0 Å². The quantitative estimate of drug-likeness (QED) is 0.343. The second kappa shape index (κ2) is 10.7. The van der Waals surface area contributed by atoms with E-state index in [0.29, 0.717) is 0 Å². The molecule has 120 valence electrons. The molecule has 0 saturated heterocycles. The van der Waals surface area contributed by atoms with Gasteiger partial charge >= 0.3 is 0 Å². The Hall–Kier alpha value is 0. The zero-order valence-electron chi connectivity index (χ0n) is 14.7. The molecule has 0 radical (unpaired) electrons. The molecule has 0 aliphatic heterocycles. The highest BCUT2D eigenvalue weighted by atomic mass is 14.3. The summed E-state index contributed by atoms with van der Waals surface area (Å²) < 4.78 is 0. The highest BCUT2D eigenvalue weighted by Crippen LogP contribution is 2.44. The first-order valence-corrected chi connectivity index (χ1v) is 9.68. The Balaban J connectivity index is 2.03. The van der Waals surface area contributed by atoms with Crippen molar-refractivity contribution in [1.82, 2.24) is 0 Å². The molecule has 0 nitrogen and oxygen atoms in total. The van der Waals surface area contributed by atoms with Gasteiger partial charge in [0.1, 0.15) is 0 Å². The fourth-order valence-electron chi connectivity index (χ4n) is 4.22. The summed E-state index contributed by atoms with van der Waals surface area (Å²) in [6, 6.07) is 0. The monoisotopic (exact) mass is 280 g/mol. The fourth-order valence-corrected chi connectivity index (χ4v) is 4.22. The predicted molar refractivity (Wildman–Crippen MR) is 92.2 cm³/mol. The topological polar surface area (TPSA) is 0 Å². The van der Waals surface area contributed by atoms with Crippen LogP contribution in [0.15, 0.2) is 0 Å². The van der Waals surface area contributed by atoms with Crippen molar-refractivity contribution in [2.45, 2.75) is 117 Å². The lowest BCUT2D eigenvalue weighted by molar-refractivity contribution is 0.150. The van der Waals surface area contributed by atoms with Crippen molar-refractivity contribution in [3.8, 4) is 0 Å². The van der Waals surface area contributed by atoms with Gasteiger partial charge in [-0.1, -0.05) is 91.4 Å². The lowest BCUT2D eigenvalue weighted by atomic mass is 9.68. The average Bonchev–Trinajstić information content (AvgIpc) is 2.43. The van der Waals surface area contributed by atoms with E-state index in [1.807, 2.05) is 0 Å². The lowest BCUT2D eigenvalue weighted by Gasteiger charge is -2.37. The molecule has 0 atom stereocenters. The van der Waals surface area contributed by atoms with Crippen LogP contribution in [0.2, 0.25) is 0 Å². The smallest absolute Gasteiger partial charge is 0.0298 e. The van der Waals surface area contributed by atoms with Gasteiger partial charge in [-0.05, 0) is 37.0 Å². The van der Waals surface area contributed by atoms with E-state index in [1.54, 1.807) is 0 Å². The number of unbranched alkanes of at least 4 members (excludes halogenated alkanes) is 5. The van der Waals surface area contributed by atoms with Crippen LogP contribution in [0.3, 0.4) is 0 Å². The summed E-state index contributed by atoms with van der Waals surface area (Å²) >= 11 is 0. The molecular formula is C20H40. The fraction of sp³-hybridized carbons (Fsp3) is 1.00. The lowest BCUT2D eigenvalue weighted by Crippen LogP contribution is -2.23. The Kier molecular flexibility index (Phi) is 9.65. The van der Waals surface area contributed by atoms with Crippen molar-refractivity contribution in [2.24, 2.45) is 11.3 Å². The molecule has 0 spiro atoms. The molecule has 0 bridgehead atoms. The third kappa shape index (κ3) is 7.70. The molecule has 0 aromatic rings. The highest BCUT2D eigenvalue weighted by molar-refractivity contribution is 4.82. The summed E-state index contributed by atoms with van der Waals surface area (Å²) in [5.41, 5.74) is 0.768. The Morgan fingerprint density at radius 2 is 1.35 bits per heavy atom. The molecular weight excluding hydrogens is 240 g/mol. The normalized spacial score (nSPS) is 18.6. The molecule has 0 amide bonds. The standard InChI is InChI=1S/C20H40/c1-4-15-20(17-12-9-13-18-20)16-11-8-6-5-7-10-14-19(2)3/h19H,4-18H2,1-3H3. The van der Waals surface area contributed by atoms with E-state index >= 15 is 0 Å². The maximum absolute atomic E-state index is 2.38. The Labute approximate surface area is 129 Å². The van der Waals surface area contributed by atoms with Gasteiger partial charge in [0.2, 0.25) is 0 Å². The molecule has 0 heteroatoms. The number of rotatable bonds is 11. The van der Waals surface area contributed by atoms with Crippen molar-refractivity contribution in [1.29, 1.82) is 0 Å². The van der Waals surface area contributed by atoms with Gasteiger partial charge in [-0.25, -0.2) is 0 Å². The summed E-state index contributed by atoms with van der Waals surface area (Å²) in [6.45, 7) is 7.07.